The summed E-state index contributed by atoms with van der Waals surface area (Å²) in [5.41, 5.74) is 8.48. The molecule has 214 valence electrons. The summed E-state index contributed by atoms with van der Waals surface area (Å²) in [5, 5.41) is 3.02. The third-order valence-electron chi connectivity index (χ3n) is 7.11. The van der Waals surface area contributed by atoms with E-state index in [2.05, 4.69) is 5.32 Å². The molecule has 0 spiro atoms. The average molecular weight is 555 g/mol. The molecule has 3 N–H and O–H groups in total. The fourth-order valence-electron chi connectivity index (χ4n) is 4.92. The van der Waals surface area contributed by atoms with Crippen molar-refractivity contribution in [3.05, 3.63) is 120 Å². The molecule has 1 aliphatic rings. The first-order chi connectivity index (χ1) is 20.0. The molecule has 3 aromatic rings. The molecule has 1 aliphatic heterocycles. The number of carbonyl (C=O) groups excluding carboxylic acids is 3. The van der Waals surface area contributed by atoms with Gasteiger partial charge in [-0.1, -0.05) is 97.1 Å². The molecule has 4 amide bonds. The predicted octanol–water partition coefficient (Wildman–Crippen LogP) is 3.71. The van der Waals surface area contributed by atoms with Gasteiger partial charge in [-0.3, -0.25) is 9.59 Å². The molecule has 0 bridgehead atoms. The lowest BCUT2D eigenvalue weighted by Crippen LogP contribution is -2.56. The number of nitrogens with two attached hydrogens (primary N) is 1. The van der Waals surface area contributed by atoms with Crippen molar-refractivity contribution < 1.29 is 19.1 Å². The number of aryl methyl sites for hydroxylation is 1. The van der Waals surface area contributed by atoms with Crippen molar-refractivity contribution >= 4 is 17.8 Å². The maximum Gasteiger partial charge on any atom is 0.318 e. The molecule has 1 saturated heterocycles. The van der Waals surface area contributed by atoms with E-state index in [1.165, 1.54) is 6.08 Å². The van der Waals surface area contributed by atoms with Crippen molar-refractivity contribution in [2.75, 3.05) is 26.3 Å². The van der Waals surface area contributed by atoms with E-state index in [9.17, 15) is 14.4 Å². The minimum absolute atomic E-state index is 0.230. The van der Waals surface area contributed by atoms with Crippen molar-refractivity contribution in [2.45, 2.75) is 37.9 Å². The van der Waals surface area contributed by atoms with Gasteiger partial charge < -0.3 is 25.6 Å². The average Bonchev–Trinajstić information content (AvgIpc) is 3.01. The number of amides is 4. The Morgan fingerprint density at radius 1 is 0.854 bits per heavy atom. The molecule has 8 heteroatoms. The van der Waals surface area contributed by atoms with Crippen molar-refractivity contribution in [2.24, 2.45) is 5.73 Å². The highest BCUT2D eigenvalue weighted by Gasteiger charge is 2.32. The third-order valence-corrected chi connectivity index (χ3v) is 7.11. The van der Waals surface area contributed by atoms with Gasteiger partial charge in [0.15, 0.2) is 0 Å². The number of nitrogens with one attached hydrogen (secondary N) is 1. The SMILES string of the molecule is NC(=O)C=CC(CCc1ccccc1)N(Cc1ccccc1)C(=O)C(Cc1ccccc1)NC(=O)N1CCOCC1. The second kappa shape index (κ2) is 15.4. The number of benzene rings is 3. The molecule has 2 unspecified atom stereocenters. The van der Waals surface area contributed by atoms with Crippen LogP contribution >= 0.6 is 0 Å². The highest BCUT2D eigenvalue weighted by Crippen LogP contribution is 2.19. The van der Waals surface area contributed by atoms with Gasteiger partial charge in [-0.2, -0.15) is 0 Å². The third kappa shape index (κ3) is 9.32. The molecule has 0 saturated carbocycles. The number of primary amides is 1. The number of morpholine rings is 1. The van der Waals surface area contributed by atoms with Crippen LogP contribution in [0, 0.1) is 0 Å². The van der Waals surface area contributed by atoms with Gasteiger partial charge in [-0.25, -0.2) is 4.79 Å². The summed E-state index contributed by atoms with van der Waals surface area (Å²) in [6.45, 7) is 2.16. The maximum absolute atomic E-state index is 14.5. The number of ether oxygens (including phenoxy) is 1. The monoisotopic (exact) mass is 554 g/mol. The number of carbonyl (C=O) groups is 3. The summed E-state index contributed by atoms with van der Waals surface area (Å²) in [5.74, 6) is -0.810. The van der Waals surface area contributed by atoms with Crippen LogP contribution in [0.1, 0.15) is 23.1 Å². The molecule has 2 atom stereocenters. The first kappa shape index (κ1) is 29.6. The van der Waals surface area contributed by atoms with Gasteiger partial charge in [0.05, 0.1) is 19.3 Å². The largest absolute Gasteiger partial charge is 0.378 e. The van der Waals surface area contributed by atoms with E-state index in [1.54, 1.807) is 15.9 Å². The van der Waals surface area contributed by atoms with Gasteiger partial charge in [-0.05, 0) is 29.5 Å². The Balaban J connectivity index is 1.66. The highest BCUT2D eigenvalue weighted by molar-refractivity contribution is 5.88. The van der Waals surface area contributed by atoms with Gasteiger partial charge in [0.2, 0.25) is 11.8 Å². The van der Waals surface area contributed by atoms with Crippen LogP contribution in [-0.4, -0.2) is 66.0 Å². The van der Waals surface area contributed by atoms with Crippen molar-refractivity contribution in [1.29, 1.82) is 0 Å². The molecule has 0 aromatic heterocycles. The van der Waals surface area contributed by atoms with Crippen molar-refractivity contribution in [3.63, 3.8) is 0 Å². The Hall–Kier alpha value is -4.43. The molecule has 0 radical (unpaired) electrons. The highest BCUT2D eigenvalue weighted by atomic mass is 16.5. The Morgan fingerprint density at radius 2 is 1.41 bits per heavy atom. The fourth-order valence-corrected chi connectivity index (χ4v) is 4.92. The van der Waals surface area contributed by atoms with Crippen LogP contribution in [0.25, 0.3) is 0 Å². The minimum Gasteiger partial charge on any atom is -0.378 e. The Bertz CT molecular complexity index is 1280. The van der Waals surface area contributed by atoms with E-state index in [0.29, 0.717) is 52.1 Å². The van der Waals surface area contributed by atoms with Crippen molar-refractivity contribution in [1.82, 2.24) is 15.1 Å². The summed E-state index contributed by atoms with van der Waals surface area (Å²) < 4.78 is 5.40. The molecular formula is C33H38N4O4. The topological polar surface area (TPSA) is 105 Å². The molecular weight excluding hydrogens is 516 g/mol. The molecule has 3 aromatic carbocycles. The van der Waals surface area contributed by atoms with Gasteiger partial charge in [0.1, 0.15) is 6.04 Å². The van der Waals surface area contributed by atoms with Gasteiger partial charge >= 0.3 is 6.03 Å². The number of hydrogen-bond donors (Lipinski definition) is 2. The summed E-state index contributed by atoms with van der Waals surface area (Å²) >= 11 is 0. The standard InChI is InChI=1S/C33H38N4O4/c34-31(38)19-18-29(17-16-26-10-4-1-5-11-26)37(25-28-14-8-3-9-15-28)32(39)30(24-27-12-6-2-7-13-27)35-33(40)36-20-22-41-23-21-36/h1-15,18-19,29-30H,16-17,20-25H2,(H2,34,38)(H,35,40). The number of rotatable bonds is 12. The second-order valence-corrected chi connectivity index (χ2v) is 10.1. The quantitative estimate of drug-likeness (QED) is 0.333. The van der Waals surface area contributed by atoms with Crippen molar-refractivity contribution in [3.8, 4) is 0 Å². The van der Waals surface area contributed by atoms with E-state index in [4.69, 9.17) is 10.5 Å². The summed E-state index contributed by atoms with van der Waals surface area (Å²) in [6, 6.07) is 27.8. The summed E-state index contributed by atoms with van der Waals surface area (Å²) in [4.78, 5) is 43.0. The first-order valence-electron chi connectivity index (χ1n) is 14.0. The van der Waals surface area contributed by atoms with Crippen LogP contribution in [0.4, 0.5) is 4.79 Å². The molecule has 1 heterocycles. The fraction of sp³-hybridized carbons (Fsp3) is 0.303. The van der Waals surface area contributed by atoms with E-state index >= 15 is 0 Å². The lowest BCUT2D eigenvalue weighted by Gasteiger charge is -2.35. The van der Waals surface area contributed by atoms with Crippen LogP contribution in [0.5, 0.6) is 0 Å². The normalized spacial score (nSPS) is 14.8. The van der Waals surface area contributed by atoms with E-state index in [1.807, 2.05) is 91.0 Å². The van der Waals surface area contributed by atoms with Crippen LogP contribution in [-0.2, 0) is 33.7 Å². The van der Waals surface area contributed by atoms with Crippen LogP contribution in [0.3, 0.4) is 0 Å². The van der Waals surface area contributed by atoms with Gasteiger partial charge in [-0.15, -0.1) is 0 Å². The number of hydrogen-bond acceptors (Lipinski definition) is 4. The molecule has 4 rings (SSSR count). The van der Waals surface area contributed by atoms with E-state index in [0.717, 1.165) is 16.7 Å². The summed E-state index contributed by atoms with van der Waals surface area (Å²) in [7, 11) is 0. The minimum atomic E-state index is -0.822. The molecule has 8 nitrogen and oxygen atoms in total. The van der Waals surface area contributed by atoms with Crippen LogP contribution in [0.15, 0.2) is 103 Å². The van der Waals surface area contributed by atoms with Crippen LogP contribution in [0.2, 0.25) is 0 Å². The first-order valence-corrected chi connectivity index (χ1v) is 14.0. The molecule has 1 fully saturated rings. The number of urea groups is 1. The number of nitrogens with zero attached hydrogens (tertiary/aromatic N) is 2. The van der Waals surface area contributed by atoms with E-state index in [-0.39, 0.29) is 11.9 Å². The Labute approximate surface area is 241 Å². The lowest BCUT2D eigenvalue weighted by atomic mass is 9.99. The smallest absolute Gasteiger partial charge is 0.318 e. The zero-order valence-electron chi connectivity index (χ0n) is 23.2. The van der Waals surface area contributed by atoms with Crippen LogP contribution < -0.4 is 11.1 Å². The maximum atomic E-state index is 14.5. The van der Waals surface area contributed by atoms with E-state index < -0.39 is 18.0 Å². The Morgan fingerprint density at radius 3 is 2.00 bits per heavy atom. The molecule has 41 heavy (non-hydrogen) atoms. The lowest BCUT2D eigenvalue weighted by molar-refractivity contribution is -0.135. The van der Waals surface area contributed by atoms with Gasteiger partial charge in [0, 0.05) is 32.1 Å². The zero-order chi connectivity index (χ0) is 28.9. The van der Waals surface area contributed by atoms with Gasteiger partial charge in [0.25, 0.3) is 0 Å². The second-order valence-electron chi connectivity index (χ2n) is 10.1. The zero-order valence-corrected chi connectivity index (χ0v) is 23.2. The predicted molar refractivity (Wildman–Crippen MR) is 159 cm³/mol. The Kier molecular flexibility index (Phi) is 11.1. The summed E-state index contributed by atoms with van der Waals surface area (Å²) in [6.07, 6.45) is 4.61. The molecule has 0 aliphatic carbocycles.